The third-order valence-electron chi connectivity index (χ3n) is 5.41. The maximum absolute atomic E-state index is 14.4. The van der Waals surface area contributed by atoms with E-state index in [4.69, 9.17) is 9.47 Å². The second-order valence-corrected chi connectivity index (χ2v) is 8.19. The Morgan fingerprint density at radius 2 is 1.25 bits per heavy atom. The molecule has 0 heterocycles. The van der Waals surface area contributed by atoms with Crippen LogP contribution in [0.4, 0.5) is 8.78 Å². The first-order chi connectivity index (χ1) is 15.5. The molecule has 176 valence electrons. The van der Waals surface area contributed by atoms with Gasteiger partial charge in [0.2, 0.25) is 0 Å². The summed E-state index contributed by atoms with van der Waals surface area (Å²) >= 11 is 0. The maximum Gasteiger partial charge on any atom is 0.311 e. The molecule has 3 nitrogen and oxygen atoms in total. The van der Waals surface area contributed by atoms with Gasteiger partial charge in [0.25, 0.3) is 0 Å². The summed E-state index contributed by atoms with van der Waals surface area (Å²) in [5, 5.41) is 0. The van der Waals surface area contributed by atoms with Crippen molar-refractivity contribution < 1.29 is 23.0 Å². The van der Waals surface area contributed by atoms with Gasteiger partial charge in [0.05, 0.1) is 6.61 Å². The Morgan fingerprint density at radius 3 is 1.84 bits per heavy atom. The minimum Gasteiger partial charge on any atom is -0.491 e. The van der Waals surface area contributed by atoms with Crippen LogP contribution in [-0.4, -0.2) is 12.6 Å². The summed E-state index contributed by atoms with van der Waals surface area (Å²) < 4.78 is 39.6. The van der Waals surface area contributed by atoms with Crippen molar-refractivity contribution in [3.63, 3.8) is 0 Å². The molecule has 0 bridgehead atoms. The molecular formula is C27H36F2O3. The number of benzene rings is 2. The lowest BCUT2D eigenvalue weighted by Gasteiger charge is -2.10. The lowest BCUT2D eigenvalue weighted by atomic mass is 10.0. The van der Waals surface area contributed by atoms with Crippen molar-refractivity contribution in [1.82, 2.24) is 0 Å². The summed E-state index contributed by atoms with van der Waals surface area (Å²) in [7, 11) is 0. The summed E-state index contributed by atoms with van der Waals surface area (Å²) in [6.07, 6.45) is 11.0. The molecule has 2 aromatic rings. The van der Waals surface area contributed by atoms with Gasteiger partial charge in [-0.15, -0.1) is 0 Å². The number of rotatable bonds is 15. The zero-order chi connectivity index (χ0) is 23.2. The van der Waals surface area contributed by atoms with Crippen molar-refractivity contribution in [1.29, 1.82) is 0 Å². The van der Waals surface area contributed by atoms with Crippen LogP contribution in [0.5, 0.6) is 11.5 Å². The van der Waals surface area contributed by atoms with Crippen molar-refractivity contribution in [2.24, 2.45) is 0 Å². The largest absolute Gasteiger partial charge is 0.491 e. The molecule has 0 saturated heterocycles. The van der Waals surface area contributed by atoms with Gasteiger partial charge in [0.15, 0.2) is 23.1 Å². The zero-order valence-electron chi connectivity index (χ0n) is 19.4. The molecule has 0 N–H and O–H groups in total. The lowest BCUT2D eigenvalue weighted by Crippen LogP contribution is -2.08. The van der Waals surface area contributed by atoms with Gasteiger partial charge in [-0.25, -0.2) is 8.78 Å². The molecule has 0 saturated carbocycles. The smallest absolute Gasteiger partial charge is 0.311 e. The fourth-order valence-corrected chi connectivity index (χ4v) is 3.49. The highest BCUT2D eigenvalue weighted by Gasteiger charge is 2.12. The Labute approximate surface area is 191 Å². The van der Waals surface area contributed by atoms with Gasteiger partial charge in [-0.2, -0.15) is 0 Å². The van der Waals surface area contributed by atoms with Gasteiger partial charge in [-0.05, 0) is 48.2 Å². The molecule has 0 fully saturated rings. The van der Waals surface area contributed by atoms with Gasteiger partial charge in [-0.3, -0.25) is 4.79 Å². The number of ether oxygens (including phenoxy) is 2. The normalized spacial score (nSPS) is 10.9. The molecule has 0 aliphatic rings. The Balaban J connectivity index is 1.88. The van der Waals surface area contributed by atoms with E-state index in [-0.39, 0.29) is 17.9 Å². The van der Waals surface area contributed by atoms with Gasteiger partial charge in [0, 0.05) is 6.42 Å². The van der Waals surface area contributed by atoms with Crippen LogP contribution in [0, 0.1) is 11.6 Å². The van der Waals surface area contributed by atoms with Crippen LogP contribution in [0.15, 0.2) is 36.4 Å². The molecular weight excluding hydrogens is 410 g/mol. The topological polar surface area (TPSA) is 35.5 Å². The molecule has 0 aliphatic heterocycles. The molecule has 2 rings (SSSR count). The minimum absolute atomic E-state index is 0.103. The average Bonchev–Trinajstić information content (AvgIpc) is 2.78. The number of esters is 1. The van der Waals surface area contributed by atoms with Crippen LogP contribution in [-0.2, 0) is 4.79 Å². The van der Waals surface area contributed by atoms with E-state index in [1.165, 1.54) is 43.9 Å². The van der Waals surface area contributed by atoms with E-state index in [1.54, 1.807) is 18.2 Å². The van der Waals surface area contributed by atoms with Crippen LogP contribution in [0.25, 0.3) is 11.1 Å². The average molecular weight is 447 g/mol. The summed E-state index contributed by atoms with van der Waals surface area (Å²) in [5.74, 6) is -1.46. The first-order valence-corrected chi connectivity index (χ1v) is 12.0. The van der Waals surface area contributed by atoms with Crippen LogP contribution in [0.1, 0.15) is 84.5 Å². The first kappa shape index (κ1) is 25.8. The Kier molecular flexibility index (Phi) is 11.8. The SMILES string of the molecule is CCCCCCCCOc1ccc(-c2ccc(OC(=O)CCCCCC)c(F)c2)cc1F. The Morgan fingerprint density at radius 1 is 0.719 bits per heavy atom. The van der Waals surface area contributed by atoms with Crippen molar-refractivity contribution in [2.45, 2.75) is 84.5 Å². The Bertz CT molecular complexity index is 836. The molecule has 0 aliphatic carbocycles. The molecule has 2 aromatic carbocycles. The van der Waals surface area contributed by atoms with E-state index in [2.05, 4.69) is 13.8 Å². The zero-order valence-corrected chi connectivity index (χ0v) is 19.4. The van der Waals surface area contributed by atoms with Gasteiger partial charge < -0.3 is 9.47 Å². The molecule has 0 atom stereocenters. The van der Waals surface area contributed by atoms with Gasteiger partial charge in [-0.1, -0.05) is 77.3 Å². The standard InChI is InChI=1S/C27H36F2O3/c1-3-5-7-9-10-12-18-31-25-16-14-21(19-23(25)28)22-15-17-26(24(29)20-22)32-27(30)13-11-8-6-4-2/h14-17,19-20H,3-13,18H2,1-2H3. The third-order valence-corrected chi connectivity index (χ3v) is 5.41. The summed E-state index contributed by atoms with van der Waals surface area (Å²) in [6, 6.07) is 8.90. The highest BCUT2D eigenvalue weighted by molar-refractivity contribution is 5.73. The quantitative estimate of drug-likeness (QED) is 0.157. The Hall–Kier alpha value is -2.43. The van der Waals surface area contributed by atoms with E-state index >= 15 is 0 Å². The second kappa shape index (κ2) is 14.6. The molecule has 32 heavy (non-hydrogen) atoms. The summed E-state index contributed by atoms with van der Waals surface area (Å²) in [5.41, 5.74) is 1.04. The van der Waals surface area contributed by atoms with Crippen molar-refractivity contribution in [3.05, 3.63) is 48.0 Å². The molecule has 0 spiro atoms. The van der Waals surface area contributed by atoms with E-state index < -0.39 is 17.6 Å². The highest BCUT2D eigenvalue weighted by atomic mass is 19.1. The van der Waals surface area contributed by atoms with Crippen LogP contribution in [0.2, 0.25) is 0 Å². The molecule has 0 aromatic heterocycles. The van der Waals surface area contributed by atoms with E-state index in [9.17, 15) is 13.6 Å². The number of carbonyl (C=O) groups excluding carboxylic acids is 1. The van der Waals surface area contributed by atoms with E-state index in [0.717, 1.165) is 38.5 Å². The van der Waals surface area contributed by atoms with Crippen molar-refractivity contribution in [3.8, 4) is 22.6 Å². The fourth-order valence-electron chi connectivity index (χ4n) is 3.49. The predicted octanol–water partition coefficient (Wildman–Crippen LogP) is 8.25. The summed E-state index contributed by atoms with van der Waals surface area (Å²) in [6.45, 7) is 4.76. The monoisotopic (exact) mass is 446 g/mol. The van der Waals surface area contributed by atoms with Crippen LogP contribution >= 0.6 is 0 Å². The first-order valence-electron chi connectivity index (χ1n) is 12.0. The number of hydrogen-bond acceptors (Lipinski definition) is 3. The summed E-state index contributed by atoms with van der Waals surface area (Å²) in [4.78, 5) is 11.9. The van der Waals surface area contributed by atoms with E-state index in [0.29, 0.717) is 17.7 Å². The number of unbranched alkanes of at least 4 members (excludes halogenated alkanes) is 8. The maximum atomic E-state index is 14.4. The van der Waals surface area contributed by atoms with Gasteiger partial charge >= 0.3 is 5.97 Å². The highest BCUT2D eigenvalue weighted by Crippen LogP contribution is 2.29. The third kappa shape index (κ3) is 8.97. The molecule has 0 radical (unpaired) electrons. The van der Waals surface area contributed by atoms with E-state index in [1.807, 2.05) is 0 Å². The fraction of sp³-hybridized carbons (Fsp3) is 0.519. The molecule has 5 heteroatoms. The van der Waals surface area contributed by atoms with Crippen molar-refractivity contribution >= 4 is 5.97 Å². The van der Waals surface area contributed by atoms with Crippen LogP contribution in [0.3, 0.4) is 0 Å². The predicted molar refractivity (Wildman–Crippen MR) is 125 cm³/mol. The number of hydrogen-bond donors (Lipinski definition) is 0. The van der Waals surface area contributed by atoms with Crippen molar-refractivity contribution in [2.75, 3.05) is 6.61 Å². The number of carbonyl (C=O) groups is 1. The lowest BCUT2D eigenvalue weighted by molar-refractivity contribution is -0.134. The second-order valence-electron chi connectivity index (χ2n) is 8.19. The number of halogens is 2. The van der Waals surface area contributed by atoms with Gasteiger partial charge in [0.1, 0.15) is 0 Å². The molecule has 0 amide bonds. The minimum atomic E-state index is -0.645. The van der Waals surface area contributed by atoms with Crippen LogP contribution < -0.4 is 9.47 Å². The molecule has 0 unspecified atom stereocenters.